The molecule has 1 rings (SSSR count). The van der Waals surface area contributed by atoms with E-state index in [2.05, 4.69) is 10.5 Å². The predicted octanol–water partition coefficient (Wildman–Crippen LogP) is -2.16. The molecule has 6 N–H and O–H groups in total. The fourth-order valence-corrected chi connectivity index (χ4v) is 1.45. The van der Waals surface area contributed by atoms with E-state index in [1.807, 2.05) is 0 Å². The van der Waals surface area contributed by atoms with Crippen LogP contribution < -0.4 is 5.43 Å². The topological polar surface area (TPSA) is 143 Å². The van der Waals surface area contributed by atoms with Crippen LogP contribution in [0.15, 0.2) is 35.4 Å². The third-order valence-electron chi connectivity index (χ3n) is 2.71. The molecule has 8 heteroatoms. The molecule has 1 amide bonds. The molecule has 1 aromatic rings. The SMILES string of the molecule is O=C(NN=C[C@H](O)[C@@H](O)[C@H](O)[C@H](O)CO)c1ccccc1. The Morgan fingerprint density at radius 1 is 1.14 bits per heavy atom. The molecule has 21 heavy (non-hydrogen) atoms. The third-order valence-corrected chi connectivity index (χ3v) is 2.71. The number of aliphatic hydroxyl groups is 5. The number of carbonyl (C=O) groups excluding carboxylic acids is 1. The minimum absolute atomic E-state index is 0.362. The van der Waals surface area contributed by atoms with Gasteiger partial charge in [-0.25, -0.2) is 5.43 Å². The minimum Gasteiger partial charge on any atom is -0.394 e. The van der Waals surface area contributed by atoms with E-state index in [0.29, 0.717) is 5.56 Å². The largest absolute Gasteiger partial charge is 0.394 e. The maximum absolute atomic E-state index is 11.6. The summed E-state index contributed by atoms with van der Waals surface area (Å²) >= 11 is 0. The molecule has 0 saturated heterocycles. The van der Waals surface area contributed by atoms with Gasteiger partial charge in [0.05, 0.1) is 12.8 Å². The number of hydrazone groups is 1. The zero-order valence-electron chi connectivity index (χ0n) is 11.1. The van der Waals surface area contributed by atoms with E-state index < -0.39 is 36.9 Å². The van der Waals surface area contributed by atoms with Crippen molar-refractivity contribution in [1.82, 2.24) is 5.43 Å². The summed E-state index contributed by atoms with van der Waals surface area (Å²) in [6, 6.07) is 8.22. The van der Waals surface area contributed by atoms with Gasteiger partial charge in [-0.05, 0) is 12.1 Å². The molecule has 0 heterocycles. The summed E-state index contributed by atoms with van der Waals surface area (Å²) in [5.41, 5.74) is 2.49. The first-order valence-electron chi connectivity index (χ1n) is 6.19. The summed E-state index contributed by atoms with van der Waals surface area (Å²) in [7, 11) is 0. The predicted molar refractivity (Wildman–Crippen MR) is 73.5 cm³/mol. The Balaban J connectivity index is 2.51. The van der Waals surface area contributed by atoms with E-state index >= 15 is 0 Å². The van der Waals surface area contributed by atoms with E-state index in [1.54, 1.807) is 30.3 Å². The number of nitrogens with zero attached hydrogens (tertiary/aromatic N) is 1. The number of amides is 1. The van der Waals surface area contributed by atoms with Crippen molar-refractivity contribution in [3.8, 4) is 0 Å². The number of hydrogen-bond acceptors (Lipinski definition) is 7. The zero-order valence-corrected chi connectivity index (χ0v) is 11.1. The second-order valence-electron chi connectivity index (χ2n) is 4.31. The average molecular weight is 298 g/mol. The lowest BCUT2D eigenvalue weighted by Crippen LogP contribution is -2.46. The van der Waals surface area contributed by atoms with Crippen molar-refractivity contribution < 1.29 is 30.3 Å². The Labute approximate surface area is 121 Å². The Hall–Kier alpha value is -1.84. The van der Waals surface area contributed by atoms with E-state index in [9.17, 15) is 20.1 Å². The molecule has 116 valence electrons. The van der Waals surface area contributed by atoms with Crippen LogP contribution >= 0.6 is 0 Å². The first kappa shape index (κ1) is 17.2. The Morgan fingerprint density at radius 3 is 2.33 bits per heavy atom. The molecular formula is C13H18N2O6. The summed E-state index contributed by atoms with van der Waals surface area (Å²) in [5.74, 6) is -0.510. The average Bonchev–Trinajstić information content (AvgIpc) is 2.53. The lowest BCUT2D eigenvalue weighted by atomic mass is 10.0. The molecule has 0 aromatic heterocycles. The molecule has 0 aliphatic carbocycles. The third kappa shape index (κ3) is 5.21. The number of aliphatic hydroxyl groups excluding tert-OH is 5. The molecule has 1 aromatic carbocycles. The smallest absolute Gasteiger partial charge is 0.271 e. The summed E-state index contributed by atoms with van der Waals surface area (Å²) in [6.45, 7) is -0.771. The number of nitrogens with one attached hydrogen (secondary N) is 1. The summed E-state index contributed by atoms with van der Waals surface area (Å²) in [6.07, 6.45) is -5.93. The lowest BCUT2D eigenvalue weighted by molar-refractivity contribution is -0.0999. The maximum atomic E-state index is 11.6. The fraction of sp³-hybridized carbons (Fsp3) is 0.385. The van der Waals surface area contributed by atoms with Gasteiger partial charge in [0.15, 0.2) is 0 Å². The van der Waals surface area contributed by atoms with Crippen LogP contribution in [0.1, 0.15) is 10.4 Å². The second kappa shape index (κ2) is 8.45. The van der Waals surface area contributed by atoms with E-state index in [0.717, 1.165) is 6.21 Å². The molecule has 0 spiro atoms. The number of hydrogen-bond donors (Lipinski definition) is 6. The van der Waals surface area contributed by atoms with Crippen LogP contribution in [0.5, 0.6) is 0 Å². The first-order chi connectivity index (χ1) is 9.97. The summed E-state index contributed by atoms with van der Waals surface area (Å²) in [5, 5.41) is 49.6. The first-order valence-corrected chi connectivity index (χ1v) is 6.19. The quantitative estimate of drug-likeness (QED) is 0.250. The molecule has 0 radical (unpaired) electrons. The van der Waals surface area contributed by atoms with Crippen LogP contribution in [0.25, 0.3) is 0 Å². The number of carbonyl (C=O) groups is 1. The van der Waals surface area contributed by atoms with Gasteiger partial charge in [0.1, 0.15) is 24.4 Å². The maximum Gasteiger partial charge on any atom is 0.271 e. The van der Waals surface area contributed by atoms with Crippen molar-refractivity contribution in [1.29, 1.82) is 0 Å². The van der Waals surface area contributed by atoms with E-state index in [-0.39, 0.29) is 0 Å². The van der Waals surface area contributed by atoms with Gasteiger partial charge >= 0.3 is 0 Å². The zero-order chi connectivity index (χ0) is 15.8. The van der Waals surface area contributed by atoms with Gasteiger partial charge in [0.25, 0.3) is 5.91 Å². The van der Waals surface area contributed by atoms with Crippen molar-refractivity contribution in [3.63, 3.8) is 0 Å². The van der Waals surface area contributed by atoms with Crippen LogP contribution in [0.3, 0.4) is 0 Å². The van der Waals surface area contributed by atoms with E-state index in [4.69, 9.17) is 10.2 Å². The van der Waals surface area contributed by atoms with Crippen LogP contribution in [0.4, 0.5) is 0 Å². The van der Waals surface area contributed by atoms with Gasteiger partial charge in [-0.3, -0.25) is 4.79 Å². The molecule has 0 saturated carbocycles. The molecule has 8 nitrogen and oxygen atoms in total. The summed E-state index contributed by atoms with van der Waals surface area (Å²) in [4.78, 5) is 11.6. The molecular weight excluding hydrogens is 280 g/mol. The Kier molecular flexibility index (Phi) is 6.92. The van der Waals surface area contributed by atoms with Crippen LogP contribution in [-0.2, 0) is 0 Å². The number of benzene rings is 1. The molecule has 0 aliphatic rings. The lowest BCUT2D eigenvalue weighted by Gasteiger charge is -2.23. The van der Waals surface area contributed by atoms with Crippen LogP contribution in [0, 0.1) is 0 Å². The van der Waals surface area contributed by atoms with E-state index in [1.165, 1.54) is 0 Å². The van der Waals surface area contributed by atoms with Gasteiger partial charge in [-0.2, -0.15) is 5.10 Å². The normalized spacial score (nSPS) is 17.2. The molecule has 0 bridgehead atoms. The molecule has 0 aliphatic heterocycles. The Bertz CT molecular complexity index is 467. The highest BCUT2D eigenvalue weighted by Gasteiger charge is 2.29. The van der Waals surface area contributed by atoms with Gasteiger partial charge in [-0.15, -0.1) is 0 Å². The van der Waals surface area contributed by atoms with Crippen molar-refractivity contribution in [2.24, 2.45) is 5.10 Å². The van der Waals surface area contributed by atoms with Gasteiger partial charge < -0.3 is 25.5 Å². The van der Waals surface area contributed by atoms with Crippen molar-refractivity contribution in [2.75, 3.05) is 6.61 Å². The van der Waals surface area contributed by atoms with Gasteiger partial charge in [0, 0.05) is 5.56 Å². The fourth-order valence-electron chi connectivity index (χ4n) is 1.45. The van der Waals surface area contributed by atoms with Crippen molar-refractivity contribution in [3.05, 3.63) is 35.9 Å². The molecule has 0 fully saturated rings. The van der Waals surface area contributed by atoms with Crippen LogP contribution in [0.2, 0.25) is 0 Å². The summed E-state index contributed by atoms with van der Waals surface area (Å²) < 4.78 is 0. The van der Waals surface area contributed by atoms with Gasteiger partial charge in [-0.1, -0.05) is 18.2 Å². The molecule has 4 atom stereocenters. The standard InChI is InChI=1S/C13H18N2O6/c16-7-10(18)12(20)11(19)9(17)6-14-15-13(21)8-4-2-1-3-5-8/h1-6,9-12,16-20H,7H2,(H,15,21)/t9-,10+,11+,12+/m0/s1. The highest BCUT2D eigenvalue weighted by Crippen LogP contribution is 2.03. The van der Waals surface area contributed by atoms with Crippen molar-refractivity contribution in [2.45, 2.75) is 24.4 Å². The second-order valence-corrected chi connectivity index (χ2v) is 4.31. The highest BCUT2D eigenvalue weighted by atomic mass is 16.4. The monoisotopic (exact) mass is 298 g/mol. The highest BCUT2D eigenvalue weighted by molar-refractivity contribution is 5.94. The van der Waals surface area contributed by atoms with Gasteiger partial charge in [0.2, 0.25) is 0 Å². The van der Waals surface area contributed by atoms with Crippen molar-refractivity contribution >= 4 is 12.1 Å². The number of rotatable bonds is 7. The van der Waals surface area contributed by atoms with Crippen LogP contribution in [-0.4, -0.2) is 68.7 Å². The minimum atomic E-state index is -1.76. The molecule has 0 unspecified atom stereocenters. The Morgan fingerprint density at radius 2 is 1.76 bits per heavy atom.